The maximum atomic E-state index is 4.80. The minimum atomic E-state index is 0.375. The number of allylic oxidation sites excluding steroid dienone is 12. The molecule has 194 valence electrons. The molecule has 0 saturated carbocycles. The molecular formula is C36H32N4+2. The van der Waals surface area contributed by atoms with Crippen molar-refractivity contribution in [2.24, 2.45) is 45.5 Å². The average Bonchev–Trinajstić information content (AvgIpc) is 3.00. The Morgan fingerprint density at radius 2 is 0.975 bits per heavy atom. The Hall–Kier alpha value is -4.18. The molecule has 0 bridgehead atoms. The second-order valence-electron chi connectivity index (χ2n) is 12.3. The van der Waals surface area contributed by atoms with Crippen LogP contribution in [0, 0.1) is 35.5 Å². The summed E-state index contributed by atoms with van der Waals surface area (Å²) >= 11 is 0. The molecule has 8 unspecified atom stereocenters. The lowest BCUT2D eigenvalue weighted by Crippen LogP contribution is -2.49. The van der Waals surface area contributed by atoms with Crippen molar-refractivity contribution in [2.45, 2.75) is 25.2 Å². The highest BCUT2D eigenvalue weighted by atomic mass is 15.1. The van der Waals surface area contributed by atoms with Crippen LogP contribution in [0.25, 0.3) is 0 Å². The molecule has 4 heterocycles. The summed E-state index contributed by atoms with van der Waals surface area (Å²) in [4.78, 5) is 9.59. The predicted octanol–water partition coefficient (Wildman–Crippen LogP) is 5.38. The maximum absolute atomic E-state index is 4.80. The van der Waals surface area contributed by atoms with Gasteiger partial charge in [-0.15, -0.1) is 0 Å². The largest absolute Gasteiger partial charge is 0.261 e. The normalized spacial score (nSPS) is 36.5. The van der Waals surface area contributed by atoms with Crippen molar-refractivity contribution in [2.75, 3.05) is 0 Å². The molecule has 8 aliphatic rings. The van der Waals surface area contributed by atoms with Crippen LogP contribution in [0.2, 0.25) is 0 Å². The summed E-state index contributed by atoms with van der Waals surface area (Å²) < 4.78 is 5.14. The fourth-order valence-corrected chi connectivity index (χ4v) is 8.39. The molecule has 0 spiro atoms. The summed E-state index contributed by atoms with van der Waals surface area (Å²) in [7, 11) is 0. The van der Waals surface area contributed by atoms with Gasteiger partial charge < -0.3 is 0 Å². The zero-order valence-electron chi connectivity index (χ0n) is 22.4. The van der Waals surface area contributed by atoms with Crippen LogP contribution in [0.1, 0.15) is 11.1 Å². The fraction of sp³-hybridized carbons (Fsp3) is 0.278. The van der Waals surface area contributed by atoms with E-state index in [0.717, 1.165) is 13.1 Å². The summed E-state index contributed by atoms with van der Waals surface area (Å²) in [6, 6.07) is 10.1. The lowest BCUT2D eigenvalue weighted by Gasteiger charge is -2.42. The maximum Gasteiger partial charge on any atom is 0.179 e. The van der Waals surface area contributed by atoms with E-state index in [1.54, 1.807) is 0 Å². The Bertz CT molecular complexity index is 1550. The monoisotopic (exact) mass is 520 g/mol. The van der Waals surface area contributed by atoms with Gasteiger partial charge in [-0.05, 0) is 35.5 Å². The van der Waals surface area contributed by atoms with E-state index in [-0.39, 0.29) is 0 Å². The zero-order chi connectivity index (χ0) is 26.2. The molecule has 8 atom stereocenters. The molecular weight excluding hydrogens is 488 g/mol. The molecule has 4 heteroatoms. The molecule has 0 aromatic heterocycles. The minimum Gasteiger partial charge on any atom is -0.261 e. The third-order valence-electron chi connectivity index (χ3n) is 10.2. The first-order valence-corrected chi connectivity index (χ1v) is 14.7. The highest BCUT2D eigenvalue weighted by Gasteiger charge is 2.50. The highest BCUT2D eigenvalue weighted by Crippen LogP contribution is 2.46. The van der Waals surface area contributed by atoms with Crippen molar-refractivity contribution < 1.29 is 9.15 Å². The molecule has 9 rings (SSSR count). The van der Waals surface area contributed by atoms with Gasteiger partial charge in [-0.2, -0.15) is 0 Å². The number of nitrogens with zero attached hydrogens (tertiary/aromatic N) is 4. The topological polar surface area (TPSA) is 30.7 Å². The molecule has 4 aliphatic carbocycles. The standard InChI is InChI=1S/C36H32N4/c1-7-27-21-39(31-11-3-5-25-17-37-29(9-1)33(27)35(25)31)19-23-13-15-24(16-14-23)20-40-22-28-8-2-10-30-34(28)36-26(18-38-30)6-4-12-32(36)40/h1-18,21-22,27-28,31-36H,19-20H2/q+2. The summed E-state index contributed by atoms with van der Waals surface area (Å²) in [5.41, 5.74) is 7.95. The van der Waals surface area contributed by atoms with Gasteiger partial charge in [0.15, 0.2) is 25.2 Å². The molecule has 40 heavy (non-hydrogen) atoms. The molecule has 4 aliphatic heterocycles. The van der Waals surface area contributed by atoms with Gasteiger partial charge in [0.1, 0.15) is 12.4 Å². The van der Waals surface area contributed by atoms with Crippen molar-refractivity contribution in [1.82, 2.24) is 0 Å². The first-order valence-electron chi connectivity index (χ1n) is 14.7. The summed E-state index contributed by atoms with van der Waals surface area (Å²) in [6.07, 6.45) is 36.3. The fourth-order valence-electron chi connectivity index (χ4n) is 8.39. The van der Waals surface area contributed by atoms with E-state index in [1.165, 1.54) is 33.7 Å². The smallest absolute Gasteiger partial charge is 0.179 e. The SMILES string of the molecule is C1=CC2C=[N+](Cc3ccc(C[N+]4=CC5C=CC=C6N=CC7=CC=CC4C7C65)cc3)C3C=CC=C4C=NC(=C1)C2C43. The molecule has 1 aromatic rings. The quantitative estimate of drug-likeness (QED) is 0.477. The van der Waals surface area contributed by atoms with Crippen LogP contribution in [0.5, 0.6) is 0 Å². The summed E-state index contributed by atoms with van der Waals surface area (Å²) in [5, 5.41) is 0. The Morgan fingerprint density at radius 3 is 1.45 bits per heavy atom. The van der Waals surface area contributed by atoms with Crippen molar-refractivity contribution >= 4 is 24.9 Å². The molecule has 0 amide bonds. The molecule has 0 N–H and O–H groups in total. The highest BCUT2D eigenvalue weighted by molar-refractivity contribution is 5.85. The summed E-state index contributed by atoms with van der Waals surface area (Å²) in [5.74, 6) is 2.68. The molecule has 0 radical (unpaired) electrons. The third-order valence-corrected chi connectivity index (χ3v) is 10.2. The van der Waals surface area contributed by atoms with Gasteiger partial charge in [-0.3, -0.25) is 9.98 Å². The zero-order valence-corrected chi connectivity index (χ0v) is 22.4. The number of hydrogen-bond acceptors (Lipinski definition) is 2. The first kappa shape index (κ1) is 22.6. The second kappa shape index (κ2) is 8.66. The van der Waals surface area contributed by atoms with Crippen LogP contribution in [-0.2, 0) is 13.1 Å². The van der Waals surface area contributed by atoms with Gasteiger partial charge in [-0.25, -0.2) is 9.15 Å². The lowest BCUT2D eigenvalue weighted by molar-refractivity contribution is -0.581. The molecule has 4 nitrogen and oxygen atoms in total. The van der Waals surface area contributed by atoms with E-state index >= 15 is 0 Å². The van der Waals surface area contributed by atoms with Crippen molar-refractivity contribution in [3.05, 3.63) is 131 Å². The van der Waals surface area contributed by atoms with Gasteiger partial charge in [-0.1, -0.05) is 72.9 Å². The van der Waals surface area contributed by atoms with Gasteiger partial charge in [0, 0.05) is 46.8 Å². The number of benzene rings is 1. The van der Waals surface area contributed by atoms with Crippen molar-refractivity contribution in [3.8, 4) is 0 Å². The Balaban J connectivity index is 0.975. The van der Waals surface area contributed by atoms with E-state index < -0.39 is 0 Å². The van der Waals surface area contributed by atoms with Gasteiger partial charge in [0.2, 0.25) is 0 Å². The molecule has 0 saturated heterocycles. The van der Waals surface area contributed by atoms with Crippen LogP contribution in [-0.4, -0.2) is 46.1 Å². The van der Waals surface area contributed by atoms with E-state index in [2.05, 4.69) is 131 Å². The van der Waals surface area contributed by atoms with E-state index in [4.69, 9.17) is 9.98 Å². The van der Waals surface area contributed by atoms with E-state index in [1.807, 2.05) is 0 Å². The van der Waals surface area contributed by atoms with Crippen LogP contribution in [0.15, 0.2) is 130 Å². The predicted molar refractivity (Wildman–Crippen MR) is 161 cm³/mol. The van der Waals surface area contributed by atoms with E-state index in [0.29, 0.717) is 47.6 Å². The number of aliphatic imine (C=N–C) groups is 2. The van der Waals surface area contributed by atoms with Crippen LogP contribution >= 0.6 is 0 Å². The van der Waals surface area contributed by atoms with Gasteiger partial charge >= 0.3 is 0 Å². The van der Waals surface area contributed by atoms with Gasteiger partial charge in [0.25, 0.3) is 0 Å². The second-order valence-corrected chi connectivity index (χ2v) is 12.3. The average molecular weight is 521 g/mol. The lowest BCUT2D eigenvalue weighted by atomic mass is 9.66. The third kappa shape index (κ3) is 3.38. The number of hydrogen-bond donors (Lipinski definition) is 0. The van der Waals surface area contributed by atoms with Crippen molar-refractivity contribution in [3.63, 3.8) is 0 Å². The number of rotatable bonds is 4. The Kier molecular flexibility index (Phi) is 4.90. The van der Waals surface area contributed by atoms with Gasteiger partial charge in [0.05, 0.1) is 23.7 Å². The Morgan fingerprint density at radius 1 is 0.525 bits per heavy atom. The minimum absolute atomic E-state index is 0.375. The molecule has 0 fully saturated rings. The van der Waals surface area contributed by atoms with Crippen LogP contribution in [0.4, 0.5) is 0 Å². The van der Waals surface area contributed by atoms with E-state index in [9.17, 15) is 0 Å². The van der Waals surface area contributed by atoms with Crippen LogP contribution in [0.3, 0.4) is 0 Å². The first-order chi connectivity index (χ1) is 19.8. The Labute approximate surface area is 235 Å². The summed E-state index contributed by atoms with van der Waals surface area (Å²) in [6.45, 7) is 1.85. The molecule has 1 aromatic carbocycles. The van der Waals surface area contributed by atoms with Crippen LogP contribution < -0.4 is 0 Å². The van der Waals surface area contributed by atoms with Crippen molar-refractivity contribution in [1.29, 1.82) is 0 Å².